The number of piperazine rings is 1. The molecular weight excluding hydrogens is 591 g/mol. The minimum atomic E-state index is -0.326. The predicted octanol–water partition coefficient (Wildman–Crippen LogP) is 7.19. The van der Waals surface area contributed by atoms with Crippen LogP contribution in [0.5, 0.6) is 5.75 Å². The molecule has 1 N–H and O–H groups in total. The SMILES string of the molecule is CCOc1ccc(Cl)cc1-n1c(C=C(C)C)c(C(=O)N2CCN[C@@H](C)C2)cc(-c2nc(-c3ccc(Cl)cc3)cs2)c1=O. The minimum Gasteiger partial charge on any atom is -0.492 e. The Morgan fingerprint density at radius 3 is 2.57 bits per heavy atom. The van der Waals surface area contributed by atoms with E-state index in [2.05, 4.69) is 12.2 Å². The van der Waals surface area contributed by atoms with Gasteiger partial charge < -0.3 is 15.0 Å². The highest BCUT2D eigenvalue weighted by molar-refractivity contribution is 7.13. The molecule has 0 spiro atoms. The van der Waals surface area contributed by atoms with Crippen LogP contribution in [0.1, 0.15) is 43.7 Å². The fourth-order valence-electron chi connectivity index (χ4n) is 4.99. The number of carbonyl (C=O) groups is 1. The van der Waals surface area contributed by atoms with E-state index in [4.69, 9.17) is 32.9 Å². The number of amides is 1. The first-order chi connectivity index (χ1) is 20.2. The molecule has 10 heteroatoms. The summed E-state index contributed by atoms with van der Waals surface area (Å²) in [5, 5.41) is 6.86. The van der Waals surface area contributed by atoms with Crippen molar-refractivity contribution in [2.24, 2.45) is 0 Å². The van der Waals surface area contributed by atoms with E-state index in [1.54, 1.807) is 41.0 Å². The van der Waals surface area contributed by atoms with Gasteiger partial charge in [-0.3, -0.25) is 14.2 Å². The number of hydrogen-bond acceptors (Lipinski definition) is 6. The maximum absolute atomic E-state index is 14.5. The molecule has 1 atom stereocenters. The van der Waals surface area contributed by atoms with E-state index in [9.17, 15) is 9.59 Å². The summed E-state index contributed by atoms with van der Waals surface area (Å²) >= 11 is 13.9. The van der Waals surface area contributed by atoms with Gasteiger partial charge in [0.15, 0.2) is 0 Å². The third-order valence-electron chi connectivity index (χ3n) is 6.89. The van der Waals surface area contributed by atoms with Gasteiger partial charge in [0, 0.05) is 46.7 Å². The molecule has 1 fully saturated rings. The first kappa shape index (κ1) is 30.0. The number of pyridine rings is 1. The van der Waals surface area contributed by atoms with E-state index in [-0.39, 0.29) is 17.5 Å². The monoisotopic (exact) mass is 622 g/mol. The lowest BCUT2D eigenvalue weighted by Gasteiger charge is -2.32. The van der Waals surface area contributed by atoms with Crippen LogP contribution in [0.3, 0.4) is 0 Å². The van der Waals surface area contributed by atoms with Crippen molar-refractivity contribution >= 4 is 46.5 Å². The second-order valence-corrected chi connectivity index (χ2v) is 12.1. The zero-order chi connectivity index (χ0) is 30.0. The van der Waals surface area contributed by atoms with Crippen LogP contribution in [-0.4, -0.2) is 52.6 Å². The summed E-state index contributed by atoms with van der Waals surface area (Å²) in [7, 11) is 0. The summed E-state index contributed by atoms with van der Waals surface area (Å²) in [6.45, 7) is 10.0. The van der Waals surface area contributed by atoms with E-state index >= 15 is 0 Å². The van der Waals surface area contributed by atoms with Crippen molar-refractivity contribution in [2.45, 2.75) is 33.7 Å². The second-order valence-electron chi connectivity index (χ2n) is 10.4. The summed E-state index contributed by atoms with van der Waals surface area (Å²) in [4.78, 5) is 35.4. The molecule has 0 aliphatic carbocycles. The highest BCUT2D eigenvalue weighted by atomic mass is 35.5. The van der Waals surface area contributed by atoms with Crippen molar-refractivity contribution in [1.82, 2.24) is 19.8 Å². The molecule has 4 aromatic rings. The molecule has 2 aromatic carbocycles. The molecule has 5 rings (SSSR count). The number of nitrogens with zero attached hydrogens (tertiary/aromatic N) is 3. The van der Waals surface area contributed by atoms with Crippen molar-refractivity contribution in [3.63, 3.8) is 0 Å². The van der Waals surface area contributed by atoms with Gasteiger partial charge in [-0.25, -0.2) is 4.98 Å². The van der Waals surface area contributed by atoms with Crippen LogP contribution >= 0.6 is 34.5 Å². The molecule has 1 aliphatic rings. The van der Waals surface area contributed by atoms with Crippen LogP contribution in [0.15, 0.2) is 64.3 Å². The highest BCUT2D eigenvalue weighted by Crippen LogP contribution is 2.33. The third kappa shape index (κ3) is 6.32. The average molecular weight is 624 g/mol. The Balaban J connectivity index is 1.79. The van der Waals surface area contributed by atoms with Gasteiger partial charge >= 0.3 is 0 Å². The van der Waals surface area contributed by atoms with Gasteiger partial charge in [0.25, 0.3) is 11.5 Å². The summed E-state index contributed by atoms with van der Waals surface area (Å²) < 4.78 is 7.49. The largest absolute Gasteiger partial charge is 0.492 e. The van der Waals surface area contributed by atoms with Gasteiger partial charge in [-0.1, -0.05) is 40.9 Å². The van der Waals surface area contributed by atoms with Crippen molar-refractivity contribution < 1.29 is 9.53 Å². The van der Waals surface area contributed by atoms with Gasteiger partial charge in [-0.15, -0.1) is 11.3 Å². The Labute approximate surface area is 259 Å². The quantitative estimate of drug-likeness (QED) is 0.236. The Morgan fingerprint density at radius 2 is 1.88 bits per heavy atom. The Morgan fingerprint density at radius 1 is 1.14 bits per heavy atom. The fourth-order valence-corrected chi connectivity index (χ4v) is 6.12. The zero-order valence-electron chi connectivity index (χ0n) is 23.9. The molecule has 1 amide bonds. The summed E-state index contributed by atoms with van der Waals surface area (Å²) in [6, 6.07) is 14.4. The van der Waals surface area contributed by atoms with Crippen LogP contribution in [0, 0.1) is 0 Å². The third-order valence-corrected chi connectivity index (χ3v) is 8.25. The van der Waals surface area contributed by atoms with E-state index < -0.39 is 0 Å². The minimum absolute atomic E-state index is 0.151. The number of rotatable bonds is 7. The number of thiazole rings is 1. The molecule has 2 aromatic heterocycles. The zero-order valence-corrected chi connectivity index (χ0v) is 26.2. The first-order valence-electron chi connectivity index (χ1n) is 13.8. The van der Waals surface area contributed by atoms with E-state index in [1.807, 2.05) is 49.3 Å². The molecule has 3 heterocycles. The molecule has 0 unspecified atom stereocenters. The van der Waals surface area contributed by atoms with Crippen LogP contribution in [0.25, 0.3) is 33.6 Å². The maximum Gasteiger partial charge on any atom is 0.266 e. The predicted molar refractivity (Wildman–Crippen MR) is 172 cm³/mol. The Hall–Kier alpha value is -3.43. The number of halogens is 2. The van der Waals surface area contributed by atoms with Crippen LogP contribution < -0.4 is 15.6 Å². The van der Waals surface area contributed by atoms with Crippen LogP contribution in [0.2, 0.25) is 10.0 Å². The standard InChI is InChI=1S/C32H32Cl2N4O3S/c1-5-41-29-11-10-23(34)15-28(29)38-27(14-19(2)3)24(31(39)37-13-12-35-20(4)17-37)16-25(32(38)40)30-36-26(18-42-30)21-6-8-22(33)9-7-21/h6-11,14-16,18,20,35H,5,12-13,17H2,1-4H3/t20-/m0/s1. The highest BCUT2D eigenvalue weighted by Gasteiger charge is 2.28. The number of hydrogen-bond donors (Lipinski definition) is 1. The van der Waals surface area contributed by atoms with Gasteiger partial charge in [0.1, 0.15) is 10.8 Å². The van der Waals surface area contributed by atoms with E-state index in [1.165, 1.54) is 11.3 Å². The number of ether oxygens (including phenoxy) is 1. The lowest BCUT2D eigenvalue weighted by atomic mass is 10.0. The van der Waals surface area contributed by atoms with Crippen molar-refractivity contribution in [1.29, 1.82) is 0 Å². The van der Waals surface area contributed by atoms with Gasteiger partial charge in [-0.2, -0.15) is 0 Å². The van der Waals surface area contributed by atoms with Crippen LogP contribution in [0.4, 0.5) is 0 Å². The topological polar surface area (TPSA) is 76.5 Å². The number of aromatic nitrogens is 2. The molecule has 0 saturated carbocycles. The number of nitrogens with one attached hydrogen (secondary N) is 1. The van der Waals surface area contributed by atoms with Crippen LogP contribution in [-0.2, 0) is 0 Å². The number of carbonyl (C=O) groups excluding carboxylic acids is 1. The smallest absolute Gasteiger partial charge is 0.266 e. The average Bonchev–Trinajstić information content (AvgIpc) is 3.44. The number of allylic oxidation sites excluding steroid dienone is 1. The first-order valence-corrected chi connectivity index (χ1v) is 15.4. The summed E-state index contributed by atoms with van der Waals surface area (Å²) in [5.74, 6) is 0.333. The van der Waals surface area contributed by atoms with E-state index in [0.29, 0.717) is 75.2 Å². The molecule has 0 radical (unpaired) electrons. The Bertz CT molecular complexity index is 1710. The number of benzene rings is 2. The molecule has 0 bridgehead atoms. The van der Waals surface area contributed by atoms with Crippen molar-refractivity contribution in [2.75, 3.05) is 26.2 Å². The van der Waals surface area contributed by atoms with E-state index in [0.717, 1.165) is 11.1 Å². The van der Waals surface area contributed by atoms with Crippen molar-refractivity contribution in [3.8, 4) is 33.3 Å². The van der Waals surface area contributed by atoms with Gasteiger partial charge in [0.05, 0.1) is 34.8 Å². The molecule has 1 saturated heterocycles. The summed E-state index contributed by atoms with van der Waals surface area (Å²) in [6.07, 6.45) is 1.86. The van der Waals surface area contributed by atoms with Gasteiger partial charge in [-0.05, 0) is 70.2 Å². The summed E-state index contributed by atoms with van der Waals surface area (Å²) in [5.41, 5.74) is 3.85. The molecule has 7 nitrogen and oxygen atoms in total. The molecule has 42 heavy (non-hydrogen) atoms. The molecule has 218 valence electrons. The normalized spacial score (nSPS) is 15.0. The maximum atomic E-state index is 14.5. The van der Waals surface area contributed by atoms with Crippen molar-refractivity contribution in [3.05, 3.63) is 91.1 Å². The fraction of sp³-hybridized carbons (Fsp3) is 0.281. The van der Waals surface area contributed by atoms with Gasteiger partial charge in [0.2, 0.25) is 0 Å². The second kappa shape index (κ2) is 12.8. The molecule has 1 aliphatic heterocycles. The lowest BCUT2D eigenvalue weighted by molar-refractivity contribution is 0.0708. The lowest BCUT2D eigenvalue weighted by Crippen LogP contribution is -2.51. The Kier molecular flexibility index (Phi) is 9.18. The molecular formula is C32H32Cl2N4O3S.